The number of morpholine rings is 1. The molecule has 1 unspecified atom stereocenters. The molecule has 1 fully saturated rings. The highest BCUT2D eigenvalue weighted by Crippen LogP contribution is 2.22. The van der Waals surface area contributed by atoms with Crippen LogP contribution in [0.4, 0.5) is 11.8 Å². The quantitative estimate of drug-likeness (QED) is 0.756. The number of fused-ring (bicyclic) bond motifs is 1. The Morgan fingerprint density at radius 1 is 1.28 bits per heavy atom. The van der Waals surface area contributed by atoms with E-state index in [0.29, 0.717) is 0 Å². The second kappa shape index (κ2) is 6.97. The molecular weight excluding hydrogens is 336 g/mol. The van der Waals surface area contributed by atoms with Crippen LogP contribution in [0.2, 0.25) is 0 Å². The van der Waals surface area contributed by atoms with Gasteiger partial charge in [0.15, 0.2) is 4.96 Å². The Kier molecular flexibility index (Phi) is 4.54. The Bertz CT molecular complexity index is 825. The van der Waals surface area contributed by atoms with Crippen molar-refractivity contribution in [2.75, 3.05) is 36.5 Å². The molecule has 0 aromatic carbocycles. The Morgan fingerprint density at radius 2 is 2.12 bits per heavy atom. The van der Waals surface area contributed by atoms with Crippen LogP contribution in [0.5, 0.6) is 0 Å². The molecule has 7 nitrogen and oxygen atoms in total. The van der Waals surface area contributed by atoms with Crippen LogP contribution in [0, 0.1) is 0 Å². The van der Waals surface area contributed by atoms with Gasteiger partial charge < -0.3 is 15.0 Å². The first kappa shape index (κ1) is 16.3. The van der Waals surface area contributed by atoms with E-state index in [0.717, 1.165) is 60.8 Å². The smallest absolute Gasteiger partial charge is 0.227 e. The Labute approximate surface area is 150 Å². The monoisotopic (exact) mass is 358 g/mol. The summed E-state index contributed by atoms with van der Waals surface area (Å²) in [4.78, 5) is 17.3. The number of aromatic nitrogens is 4. The Morgan fingerprint density at radius 3 is 2.88 bits per heavy atom. The first-order chi connectivity index (χ1) is 12.2. The maximum Gasteiger partial charge on any atom is 0.227 e. The predicted octanol–water partition coefficient (Wildman–Crippen LogP) is 2.76. The van der Waals surface area contributed by atoms with E-state index in [1.54, 1.807) is 11.3 Å². The van der Waals surface area contributed by atoms with E-state index in [4.69, 9.17) is 9.72 Å². The van der Waals surface area contributed by atoms with Gasteiger partial charge in [0.25, 0.3) is 0 Å². The summed E-state index contributed by atoms with van der Waals surface area (Å²) in [5.41, 5.74) is 2.05. The van der Waals surface area contributed by atoms with Crippen LogP contribution in [0.25, 0.3) is 4.96 Å². The lowest BCUT2D eigenvalue weighted by molar-refractivity contribution is 0.122. The summed E-state index contributed by atoms with van der Waals surface area (Å²) in [7, 11) is 0. The van der Waals surface area contributed by atoms with Crippen molar-refractivity contribution in [3.8, 4) is 0 Å². The van der Waals surface area contributed by atoms with Gasteiger partial charge in [-0.25, -0.2) is 9.97 Å². The lowest BCUT2D eigenvalue weighted by atomic mass is 10.2. The third-order valence-corrected chi connectivity index (χ3v) is 5.11. The van der Waals surface area contributed by atoms with Crippen LogP contribution >= 0.6 is 11.3 Å². The van der Waals surface area contributed by atoms with Crippen LogP contribution in [-0.4, -0.2) is 45.7 Å². The number of imidazole rings is 1. The zero-order valence-electron chi connectivity index (χ0n) is 14.5. The Hall–Kier alpha value is -2.19. The van der Waals surface area contributed by atoms with E-state index in [1.165, 1.54) is 0 Å². The number of nitrogens with one attached hydrogen (secondary N) is 1. The van der Waals surface area contributed by atoms with Crippen molar-refractivity contribution in [3.05, 3.63) is 35.2 Å². The fourth-order valence-corrected chi connectivity index (χ4v) is 3.60. The second-order valence-electron chi connectivity index (χ2n) is 6.12. The number of anilines is 2. The molecule has 3 aromatic rings. The number of hydrogen-bond acceptors (Lipinski definition) is 7. The third-order valence-electron chi connectivity index (χ3n) is 4.34. The maximum atomic E-state index is 5.43. The average Bonchev–Trinajstić information content (AvgIpc) is 3.24. The van der Waals surface area contributed by atoms with Crippen LogP contribution in [0.3, 0.4) is 0 Å². The van der Waals surface area contributed by atoms with Gasteiger partial charge in [0.1, 0.15) is 5.82 Å². The molecular formula is C17H22N6OS. The van der Waals surface area contributed by atoms with Gasteiger partial charge in [-0.2, -0.15) is 4.98 Å². The highest BCUT2D eigenvalue weighted by atomic mass is 32.1. The van der Waals surface area contributed by atoms with Crippen LogP contribution < -0.4 is 10.2 Å². The number of aryl methyl sites for hydroxylation is 1. The van der Waals surface area contributed by atoms with E-state index in [2.05, 4.69) is 44.6 Å². The molecule has 8 heteroatoms. The number of hydrogen-bond donors (Lipinski definition) is 1. The molecule has 3 aromatic heterocycles. The highest BCUT2D eigenvalue weighted by molar-refractivity contribution is 7.15. The van der Waals surface area contributed by atoms with E-state index in [9.17, 15) is 0 Å². The largest absolute Gasteiger partial charge is 0.378 e. The SMILES string of the molecule is CCc1cc(NC(C)c2cn3ccsc3n2)nc(N2CCOCC2)n1. The molecule has 4 rings (SSSR count). The fourth-order valence-electron chi connectivity index (χ4n) is 2.89. The van der Waals surface area contributed by atoms with Gasteiger partial charge in [-0.05, 0) is 13.3 Å². The summed E-state index contributed by atoms with van der Waals surface area (Å²) in [6.07, 6.45) is 4.97. The average molecular weight is 358 g/mol. The first-order valence-electron chi connectivity index (χ1n) is 8.62. The summed E-state index contributed by atoms with van der Waals surface area (Å²) in [6, 6.07) is 2.10. The predicted molar refractivity (Wildman–Crippen MR) is 99.5 cm³/mol. The van der Waals surface area contributed by atoms with Crippen molar-refractivity contribution in [1.29, 1.82) is 0 Å². The summed E-state index contributed by atoms with van der Waals surface area (Å²) in [6.45, 7) is 7.34. The Balaban J connectivity index is 1.56. The standard InChI is InChI=1S/C17H22N6OS/c1-3-13-10-15(21-16(19-13)22-4-7-24-8-5-22)18-12(2)14-11-23-6-9-25-17(23)20-14/h6,9-12H,3-5,7-8H2,1-2H3,(H,18,19,21). The lowest BCUT2D eigenvalue weighted by Crippen LogP contribution is -2.37. The molecule has 0 amide bonds. The zero-order valence-corrected chi connectivity index (χ0v) is 15.3. The van der Waals surface area contributed by atoms with Gasteiger partial charge in [-0.1, -0.05) is 6.92 Å². The van der Waals surface area contributed by atoms with Gasteiger partial charge in [-0.3, -0.25) is 4.40 Å². The molecule has 0 spiro atoms. The van der Waals surface area contributed by atoms with Crippen molar-refractivity contribution < 1.29 is 4.74 Å². The molecule has 0 aliphatic carbocycles. The van der Waals surface area contributed by atoms with E-state index >= 15 is 0 Å². The highest BCUT2D eigenvalue weighted by Gasteiger charge is 2.17. The minimum absolute atomic E-state index is 0.0734. The molecule has 1 N–H and O–H groups in total. The number of nitrogens with zero attached hydrogens (tertiary/aromatic N) is 5. The lowest BCUT2D eigenvalue weighted by Gasteiger charge is -2.27. The molecule has 132 valence electrons. The number of ether oxygens (including phenoxy) is 1. The molecule has 1 saturated heterocycles. The molecule has 1 aliphatic heterocycles. The van der Waals surface area contributed by atoms with Gasteiger partial charge in [0.2, 0.25) is 5.95 Å². The van der Waals surface area contributed by atoms with Crippen LogP contribution in [0.15, 0.2) is 23.8 Å². The molecule has 1 atom stereocenters. The van der Waals surface area contributed by atoms with Gasteiger partial charge in [0, 0.05) is 42.6 Å². The van der Waals surface area contributed by atoms with Crippen molar-refractivity contribution in [2.24, 2.45) is 0 Å². The fraction of sp³-hybridized carbons (Fsp3) is 0.471. The van der Waals surface area contributed by atoms with Crippen molar-refractivity contribution in [1.82, 2.24) is 19.4 Å². The molecule has 0 bridgehead atoms. The summed E-state index contributed by atoms with van der Waals surface area (Å²) in [5, 5.41) is 5.52. The van der Waals surface area contributed by atoms with E-state index in [1.807, 2.05) is 17.6 Å². The summed E-state index contributed by atoms with van der Waals surface area (Å²) < 4.78 is 7.48. The summed E-state index contributed by atoms with van der Waals surface area (Å²) in [5.74, 6) is 1.63. The van der Waals surface area contributed by atoms with Crippen molar-refractivity contribution in [2.45, 2.75) is 26.3 Å². The van der Waals surface area contributed by atoms with Crippen LogP contribution in [0.1, 0.15) is 31.3 Å². The van der Waals surface area contributed by atoms with Crippen LogP contribution in [-0.2, 0) is 11.2 Å². The topological polar surface area (TPSA) is 67.6 Å². The summed E-state index contributed by atoms with van der Waals surface area (Å²) >= 11 is 1.64. The molecule has 0 radical (unpaired) electrons. The van der Waals surface area contributed by atoms with E-state index in [-0.39, 0.29) is 6.04 Å². The van der Waals surface area contributed by atoms with Gasteiger partial charge >= 0.3 is 0 Å². The minimum Gasteiger partial charge on any atom is -0.378 e. The first-order valence-corrected chi connectivity index (χ1v) is 9.50. The molecule has 25 heavy (non-hydrogen) atoms. The number of thiazole rings is 1. The molecule has 4 heterocycles. The minimum atomic E-state index is 0.0734. The second-order valence-corrected chi connectivity index (χ2v) is 7.00. The maximum absolute atomic E-state index is 5.43. The zero-order chi connectivity index (χ0) is 17.2. The molecule has 1 aliphatic rings. The van der Waals surface area contributed by atoms with Crippen molar-refractivity contribution in [3.63, 3.8) is 0 Å². The van der Waals surface area contributed by atoms with Gasteiger partial charge in [0.05, 0.1) is 24.9 Å². The van der Waals surface area contributed by atoms with Gasteiger partial charge in [-0.15, -0.1) is 11.3 Å². The van der Waals surface area contributed by atoms with Crippen molar-refractivity contribution >= 4 is 28.1 Å². The normalized spacial score (nSPS) is 16.3. The molecule has 0 saturated carbocycles. The number of rotatable bonds is 5. The third kappa shape index (κ3) is 3.45. The van der Waals surface area contributed by atoms with E-state index < -0.39 is 0 Å².